The molecule has 0 fully saturated rings. The molecule has 0 bridgehead atoms. The van der Waals surface area contributed by atoms with Crippen molar-refractivity contribution in [3.63, 3.8) is 0 Å². The van der Waals surface area contributed by atoms with Crippen LogP contribution in [-0.2, 0) is 17.9 Å². The van der Waals surface area contributed by atoms with Crippen molar-refractivity contribution >= 4 is 17.5 Å². The van der Waals surface area contributed by atoms with Crippen molar-refractivity contribution in [1.82, 2.24) is 24.9 Å². The molecule has 0 radical (unpaired) electrons. The minimum Gasteiger partial charge on any atom is -0.467 e. The van der Waals surface area contributed by atoms with Crippen molar-refractivity contribution in [1.29, 1.82) is 0 Å². The van der Waals surface area contributed by atoms with Crippen LogP contribution in [0.25, 0.3) is 0 Å². The standard InChI is InChI=1S/C18H22N6O3/c1-4-23-11-15(20-17(25)13(3)24-8-7-12(2)21-24)16(22-23)18(26)19-10-14-6-5-9-27-14/h5-9,11,13H,4,10H2,1-3H3,(H,19,26)(H,20,25). The van der Waals surface area contributed by atoms with Crippen LogP contribution in [0.5, 0.6) is 0 Å². The Morgan fingerprint density at radius 1 is 1.30 bits per heavy atom. The lowest BCUT2D eigenvalue weighted by atomic mass is 10.3. The molecular formula is C18H22N6O3. The van der Waals surface area contributed by atoms with Gasteiger partial charge >= 0.3 is 0 Å². The van der Waals surface area contributed by atoms with E-state index in [4.69, 9.17) is 4.42 Å². The zero-order chi connectivity index (χ0) is 19.4. The maximum absolute atomic E-state index is 12.6. The van der Waals surface area contributed by atoms with Gasteiger partial charge in [0.25, 0.3) is 5.91 Å². The lowest BCUT2D eigenvalue weighted by molar-refractivity contribution is -0.119. The molecular weight excluding hydrogens is 348 g/mol. The van der Waals surface area contributed by atoms with E-state index in [0.717, 1.165) is 5.69 Å². The maximum atomic E-state index is 12.6. The molecule has 3 rings (SSSR count). The van der Waals surface area contributed by atoms with Crippen molar-refractivity contribution < 1.29 is 14.0 Å². The molecule has 0 saturated carbocycles. The minimum atomic E-state index is -0.525. The number of aryl methyl sites for hydroxylation is 2. The Hall–Kier alpha value is -3.36. The number of carbonyl (C=O) groups is 2. The summed E-state index contributed by atoms with van der Waals surface area (Å²) in [5, 5.41) is 14.0. The molecule has 3 aromatic rings. The summed E-state index contributed by atoms with van der Waals surface area (Å²) in [6.07, 6.45) is 4.92. The second-order valence-electron chi connectivity index (χ2n) is 6.11. The molecule has 9 heteroatoms. The van der Waals surface area contributed by atoms with Crippen molar-refractivity contribution in [2.24, 2.45) is 0 Å². The Balaban J connectivity index is 1.73. The number of hydrogen-bond donors (Lipinski definition) is 2. The molecule has 3 aromatic heterocycles. The second-order valence-corrected chi connectivity index (χ2v) is 6.11. The van der Waals surface area contributed by atoms with E-state index in [1.54, 1.807) is 40.8 Å². The summed E-state index contributed by atoms with van der Waals surface area (Å²) < 4.78 is 8.38. The molecule has 1 atom stereocenters. The Bertz CT molecular complexity index is 925. The van der Waals surface area contributed by atoms with Gasteiger partial charge < -0.3 is 15.1 Å². The Morgan fingerprint density at radius 3 is 2.74 bits per heavy atom. The number of furan rings is 1. The molecule has 2 N–H and O–H groups in total. The van der Waals surface area contributed by atoms with Gasteiger partial charge in [0, 0.05) is 18.9 Å². The first-order valence-corrected chi connectivity index (χ1v) is 8.68. The second kappa shape index (κ2) is 7.90. The van der Waals surface area contributed by atoms with Crippen LogP contribution < -0.4 is 10.6 Å². The van der Waals surface area contributed by atoms with E-state index in [-0.39, 0.29) is 18.1 Å². The molecule has 2 amide bonds. The Morgan fingerprint density at radius 2 is 2.11 bits per heavy atom. The van der Waals surface area contributed by atoms with Gasteiger partial charge in [0.1, 0.15) is 11.8 Å². The van der Waals surface area contributed by atoms with Crippen LogP contribution in [0.2, 0.25) is 0 Å². The molecule has 0 spiro atoms. The van der Waals surface area contributed by atoms with E-state index >= 15 is 0 Å². The van der Waals surface area contributed by atoms with Crippen molar-refractivity contribution in [2.45, 2.75) is 39.9 Å². The number of nitrogens with zero attached hydrogens (tertiary/aromatic N) is 4. The average Bonchev–Trinajstić information content (AvgIpc) is 3.39. The van der Waals surface area contributed by atoms with E-state index in [0.29, 0.717) is 18.0 Å². The van der Waals surface area contributed by atoms with E-state index < -0.39 is 11.9 Å². The predicted octanol–water partition coefficient (Wildman–Crippen LogP) is 2.13. The van der Waals surface area contributed by atoms with Gasteiger partial charge in [0.05, 0.1) is 24.2 Å². The largest absolute Gasteiger partial charge is 0.467 e. The zero-order valence-corrected chi connectivity index (χ0v) is 15.5. The Kier molecular flexibility index (Phi) is 5.39. The van der Waals surface area contributed by atoms with Crippen molar-refractivity contribution in [3.05, 3.63) is 54.0 Å². The van der Waals surface area contributed by atoms with Crippen LogP contribution >= 0.6 is 0 Å². The summed E-state index contributed by atoms with van der Waals surface area (Å²) >= 11 is 0. The minimum absolute atomic E-state index is 0.153. The fraction of sp³-hybridized carbons (Fsp3) is 0.333. The van der Waals surface area contributed by atoms with Crippen LogP contribution in [0, 0.1) is 6.92 Å². The third-order valence-corrected chi connectivity index (χ3v) is 4.08. The van der Waals surface area contributed by atoms with Gasteiger partial charge in [0.2, 0.25) is 5.91 Å². The topological polar surface area (TPSA) is 107 Å². The van der Waals surface area contributed by atoms with E-state index in [2.05, 4.69) is 20.8 Å². The van der Waals surface area contributed by atoms with Gasteiger partial charge in [-0.25, -0.2) is 0 Å². The van der Waals surface area contributed by atoms with E-state index in [1.165, 1.54) is 6.26 Å². The smallest absolute Gasteiger partial charge is 0.274 e. The third-order valence-electron chi connectivity index (χ3n) is 4.08. The Labute approximate surface area is 156 Å². The van der Waals surface area contributed by atoms with Gasteiger partial charge in [-0.15, -0.1) is 0 Å². The SMILES string of the molecule is CCn1cc(NC(=O)C(C)n2ccc(C)n2)c(C(=O)NCc2ccco2)n1. The van der Waals surface area contributed by atoms with Crippen LogP contribution in [-0.4, -0.2) is 31.4 Å². The number of aromatic nitrogens is 4. The van der Waals surface area contributed by atoms with Crippen LogP contribution in [0.1, 0.15) is 41.8 Å². The first kappa shape index (κ1) is 18.4. The van der Waals surface area contributed by atoms with Crippen LogP contribution in [0.15, 0.2) is 41.3 Å². The monoisotopic (exact) mass is 370 g/mol. The summed E-state index contributed by atoms with van der Waals surface area (Å²) in [4.78, 5) is 25.1. The predicted molar refractivity (Wildman–Crippen MR) is 98.1 cm³/mol. The lowest BCUT2D eigenvalue weighted by Crippen LogP contribution is -2.27. The fourth-order valence-electron chi connectivity index (χ4n) is 2.51. The van der Waals surface area contributed by atoms with Gasteiger partial charge in [-0.3, -0.25) is 19.0 Å². The number of rotatable bonds is 7. The molecule has 0 aliphatic carbocycles. The number of nitrogens with one attached hydrogen (secondary N) is 2. The highest BCUT2D eigenvalue weighted by molar-refractivity contribution is 6.02. The molecule has 0 aromatic carbocycles. The molecule has 142 valence electrons. The number of hydrogen-bond acceptors (Lipinski definition) is 5. The van der Waals surface area contributed by atoms with Crippen LogP contribution in [0.4, 0.5) is 5.69 Å². The lowest BCUT2D eigenvalue weighted by Gasteiger charge is -2.12. The zero-order valence-electron chi connectivity index (χ0n) is 15.5. The fourth-order valence-corrected chi connectivity index (χ4v) is 2.51. The first-order chi connectivity index (χ1) is 13.0. The molecule has 9 nitrogen and oxygen atoms in total. The van der Waals surface area contributed by atoms with Gasteiger partial charge in [-0.1, -0.05) is 0 Å². The van der Waals surface area contributed by atoms with E-state index in [1.807, 2.05) is 19.9 Å². The third kappa shape index (κ3) is 4.25. The molecule has 0 saturated heterocycles. The summed E-state index contributed by atoms with van der Waals surface area (Å²) in [6.45, 7) is 6.30. The van der Waals surface area contributed by atoms with Crippen molar-refractivity contribution in [3.8, 4) is 0 Å². The highest BCUT2D eigenvalue weighted by Gasteiger charge is 2.22. The average molecular weight is 370 g/mol. The molecule has 0 aliphatic rings. The summed E-state index contributed by atoms with van der Waals surface area (Å²) in [6, 6.07) is 4.81. The highest BCUT2D eigenvalue weighted by atomic mass is 16.3. The van der Waals surface area contributed by atoms with E-state index in [9.17, 15) is 9.59 Å². The molecule has 1 unspecified atom stereocenters. The number of amides is 2. The molecule has 3 heterocycles. The normalized spacial score (nSPS) is 12.0. The number of anilines is 1. The highest BCUT2D eigenvalue weighted by Crippen LogP contribution is 2.17. The van der Waals surface area contributed by atoms with Crippen molar-refractivity contribution in [2.75, 3.05) is 5.32 Å². The summed E-state index contributed by atoms with van der Waals surface area (Å²) in [7, 11) is 0. The van der Waals surface area contributed by atoms with Gasteiger partial charge in [0.15, 0.2) is 5.69 Å². The quantitative estimate of drug-likeness (QED) is 0.662. The molecule has 0 aliphatic heterocycles. The summed E-state index contributed by atoms with van der Waals surface area (Å²) in [5.41, 5.74) is 1.33. The van der Waals surface area contributed by atoms with Gasteiger partial charge in [-0.2, -0.15) is 10.2 Å². The molecule has 27 heavy (non-hydrogen) atoms. The number of carbonyl (C=O) groups excluding carboxylic acids is 2. The summed E-state index contributed by atoms with van der Waals surface area (Å²) in [5.74, 6) is -0.0446. The van der Waals surface area contributed by atoms with Crippen LogP contribution in [0.3, 0.4) is 0 Å². The van der Waals surface area contributed by atoms with Gasteiger partial charge in [-0.05, 0) is 39.0 Å². The maximum Gasteiger partial charge on any atom is 0.274 e. The first-order valence-electron chi connectivity index (χ1n) is 8.68.